The van der Waals surface area contributed by atoms with Crippen LogP contribution in [0.2, 0.25) is 0 Å². The van der Waals surface area contributed by atoms with Crippen molar-refractivity contribution in [2.45, 2.75) is 43.3 Å². The molecule has 1 saturated heterocycles. The number of aliphatic hydroxyl groups is 1. The lowest BCUT2D eigenvalue weighted by Crippen LogP contribution is -2.48. The molecule has 3 aromatic carbocycles. The minimum Gasteiger partial charge on any atom is -0.406 e. The van der Waals surface area contributed by atoms with Crippen molar-refractivity contribution in [3.8, 4) is 5.75 Å². The van der Waals surface area contributed by atoms with Crippen LogP contribution in [0, 0.1) is 5.82 Å². The molecule has 5 N–H and O–H groups in total. The van der Waals surface area contributed by atoms with Gasteiger partial charge in [0.25, 0.3) is 0 Å². The van der Waals surface area contributed by atoms with Crippen molar-refractivity contribution in [3.63, 3.8) is 0 Å². The molecule has 0 aliphatic carbocycles. The van der Waals surface area contributed by atoms with Gasteiger partial charge in [0.1, 0.15) is 11.6 Å². The molecule has 11 heteroatoms. The molecule has 4 rings (SSSR count). The number of halogens is 4. The number of hydrogen-bond acceptors (Lipinski definition) is 6. The summed E-state index contributed by atoms with van der Waals surface area (Å²) < 4.78 is 62.4. The summed E-state index contributed by atoms with van der Waals surface area (Å²) in [6.07, 6.45) is -4.24. The number of benzene rings is 3. The van der Waals surface area contributed by atoms with E-state index in [1.54, 1.807) is 36.4 Å². The highest BCUT2D eigenvalue weighted by Crippen LogP contribution is 2.31. The average Bonchev–Trinajstić information content (AvgIpc) is 2.94. The number of nitrogens with one attached hydrogen (secondary N) is 2. The van der Waals surface area contributed by atoms with Gasteiger partial charge in [-0.15, -0.1) is 13.2 Å². The van der Waals surface area contributed by atoms with Crippen molar-refractivity contribution >= 4 is 11.6 Å². The smallest absolute Gasteiger partial charge is 0.406 e. The van der Waals surface area contributed by atoms with Gasteiger partial charge < -0.3 is 30.9 Å². The molecule has 1 fully saturated rings. The number of amides is 1. The highest BCUT2D eigenvalue weighted by molar-refractivity contribution is 5.96. The third-order valence-electron chi connectivity index (χ3n) is 6.77. The summed E-state index contributed by atoms with van der Waals surface area (Å²) >= 11 is 0. The molecule has 0 aromatic heterocycles. The first-order valence-corrected chi connectivity index (χ1v) is 12.8. The maximum atomic E-state index is 14.9. The van der Waals surface area contributed by atoms with Gasteiger partial charge in [0, 0.05) is 23.7 Å². The molecule has 0 saturated carbocycles. The molecule has 214 valence electrons. The molecule has 1 aliphatic heterocycles. The molecule has 0 spiro atoms. The van der Waals surface area contributed by atoms with Gasteiger partial charge in [0.05, 0.1) is 31.4 Å². The maximum absolute atomic E-state index is 14.9. The van der Waals surface area contributed by atoms with Gasteiger partial charge in [-0.2, -0.15) is 0 Å². The SMILES string of the molecule is NC(C(=O)Nc1cccc(F)c1CC[C@@H]1CN[C@H](CO)CO1)[C@H](c1ccccc1)c1ccc(OC(F)(F)F)cc1. The monoisotopic (exact) mass is 561 g/mol. The van der Waals surface area contributed by atoms with E-state index >= 15 is 0 Å². The fourth-order valence-electron chi connectivity index (χ4n) is 4.72. The number of morpholine rings is 1. The van der Waals surface area contributed by atoms with E-state index in [0.29, 0.717) is 36.3 Å². The molecule has 1 aliphatic rings. The number of carbonyl (C=O) groups is 1. The number of ether oxygens (including phenoxy) is 2. The topological polar surface area (TPSA) is 106 Å². The summed E-state index contributed by atoms with van der Waals surface area (Å²) in [7, 11) is 0. The first kappa shape index (κ1) is 29.5. The number of rotatable bonds is 10. The van der Waals surface area contributed by atoms with Crippen molar-refractivity contribution < 1.29 is 36.9 Å². The van der Waals surface area contributed by atoms with Crippen LogP contribution in [0.25, 0.3) is 0 Å². The Kier molecular flexibility index (Phi) is 9.75. The van der Waals surface area contributed by atoms with Crippen LogP contribution in [-0.2, 0) is 16.0 Å². The molecule has 1 unspecified atom stereocenters. The van der Waals surface area contributed by atoms with Crippen molar-refractivity contribution in [1.82, 2.24) is 5.32 Å². The Balaban J connectivity index is 1.51. The van der Waals surface area contributed by atoms with Crippen LogP contribution < -0.4 is 21.1 Å². The van der Waals surface area contributed by atoms with Crippen LogP contribution in [0.1, 0.15) is 29.0 Å². The molecule has 1 heterocycles. The number of aliphatic hydroxyl groups excluding tert-OH is 1. The highest BCUT2D eigenvalue weighted by Gasteiger charge is 2.32. The third-order valence-corrected chi connectivity index (χ3v) is 6.77. The molecular weight excluding hydrogens is 530 g/mol. The lowest BCUT2D eigenvalue weighted by atomic mass is 9.85. The molecule has 3 aromatic rings. The van der Waals surface area contributed by atoms with Gasteiger partial charge in [0.15, 0.2) is 0 Å². The Morgan fingerprint density at radius 2 is 1.77 bits per heavy atom. The molecule has 0 bridgehead atoms. The van der Waals surface area contributed by atoms with E-state index in [-0.39, 0.29) is 30.9 Å². The normalized spacial score (nSPS) is 19.1. The van der Waals surface area contributed by atoms with Gasteiger partial charge in [-0.3, -0.25) is 4.79 Å². The Morgan fingerprint density at radius 1 is 1.07 bits per heavy atom. The van der Waals surface area contributed by atoms with E-state index in [4.69, 9.17) is 10.5 Å². The minimum absolute atomic E-state index is 0.0358. The third kappa shape index (κ3) is 7.79. The summed E-state index contributed by atoms with van der Waals surface area (Å²) in [5, 5.41) is 15.2. The quantitative estimate of drug-likeness (QED) is 0.278. The summed E-state index contributed by atoms with van der Waals surface area (Å²) in [5.74, 6) is -2.17. The largest absolute Gasteiger partial charge is 0.573 e. The predicted octanol–water partition coefficient (Wildman–Crippen LogP) is 4.10. The van der Waals surface area contributed by atoms with Gasteiger partial charge in [0.2, 0.25) is 5.91 Å². The number of carbonyl (C=O) groups excluding carboxylic acids is 1. The molecule has 7 nitrogen and oxygen atoms in total. The Labute approximate surface area is 229 Å². The average molecular weight is 562 g/mol. The molecule has 40 heavy (non-hydrogen) atoms. The number of nitrogens with two attached hydrogens (primary N) is 1. The van der Waals surface area contributed by atoms with E-state index in [0.717, 1.165) is 0 Å². The van der Waals surface area contributed by atoms with Crippen molar-refractivity contribution in [1.29, 1.82) is 0 Å². The van der Waals surface area contributed by atoms with E-state index < -0.39 is 35.8 Å². The van der Waals surface area contributed by atoms with E-state index in [1.165, 1.54) is 36.4 Å². The standard InChI is InChI=1S/C29H31F4N3O4/c30-24-7-4-8-25(23(24)14-13-22-15-35-20(16-37)17-39-22)36-28(38)27(34)26(18-5-2-1-3-6-18)19-9-11-21(12-10-19)40-29(31,32)33/h1-12,20,22,26-27,35,37H,13-17,34H2,(H,36,38)/t20-,22-,26-,27?/m1/s1. The summed E-state index contributed by atoms with van der Waals surface area (Å²) in [4.78, 5) is 13.4. The minimum atomic E-state index is -4.83. The Bertz CT molecular complexity index is 1250. The first-order valence-electron chi connectivity index (χ1n) is 12.8. The van der Waals surface area contributed by atoms with Gasteiger partial charge in [-0.05, 0) is 48.2 Å². The second-order valence-electron chi connectivity index (χ2n) is 9.57. The van der Waals surface area contributed by atoms with E-state index in [9.17, 15) is 27.5 Å². The molecule has 0 radical (unpaired) electrons. The first-order chi connectivity index (χ1) is 19.1. The van der Waals surface area contributed by atoms with Crippen LogP contribution in [-0.4, -0.2) is 55.3 Å². The Hall–Kier alpha value is -3.51. The lowest BCUT2D eigenvalue weighted by molar-refractivity contribution is -0.274. The van der Waals surface area contributed by atoms with Crippen LogP contribution in [0.3, 0.4) is 0 Å². The summed E-state index contributed by atoms with van der Waals surface area (Å²) in [5.41, 5.74) is 8.22. The van der Waals surface area contributed by atoms with Gasteiger partial charge in [-0.1, -0.05) is 48.5 Å². The number of anilines is 1. The van der Waals surface area contributed by atoms with Gasteiger partial charge >= 0.3 is 6.36 Å². The lowest BCUT2D eigenvalue weighted by Gasteiger charge is -2.29. The second-order valence-corrected chi connectivity index (χ2v) is 9.57. The van der Waals surface area contributed by atoms with Crippen molar-refractivity contribution in [2.75, 3.05) is 25.1 Å². The van der Waals surface area contributed by atoms with Gasteiger partial charge in [-0.25, -0.2) is 4.39 Å². The number of alkyl halides is 3. The fourth-order valence-corrected chi connectivity index (χ4v) is 4.72. The Morgan fingerprint density at radius 3 is 2.40 bits per heavy atom. The van der Waals surface area contributed by atoms with Crippen LogP contribution in [0.15, 0.2) is 72.8 Å². The number of hydrogen-bond donors (Lipinski definition) is 4. The zero-order valence-corrected chi connectivity index (χ0v) is 21.5. The second kappa shape index (κ2) is 13.2. The van der Waals surface area contributed by atoms with E-state index in [2.05, 4.69) is 15.4 Å². The predicted molar refractivity (Wildman–Crippen MR) is 141 cm³/mol. The van der Waals surface area contributed by atoms with Crippen molar-refractivity contribution in [2.24, 2.45) is 5.73 Å². The van der Waals surface area contributed by atoms with Crippen LogP contribution in [0.4, 0.5) is 23.2 Å². The zero-order chi connectivity index (χ0) is 28.7. The summed E-state index contributed by atoms with van der Waals surface area (Å²) in [6.45, 7) is 0.824. The maximum Gasteiger partial charge on any atom is 0.573 e. The summed E-state index contributed by atoms with van der Waals surface area (Å²) in [6, 6.07) is 17.1. The zero-order valence-electron chi connectivity index (χ0n) is 21.5. The van der Waals surface area contributed by atoms with E-state index in [1.807, 2.05) is 0 Å². The van der Waals surface area contributed by atoms with Crippen LogP contribution in [0.5, 0.6) is 5.75 Å². The fraction of sp³-hybridized carbons (Fsp3) is 0.345. The van der Waals surface area contributed by atoms with Crippen molar-refractivity contribution in [3.05, 3.63) is 95.3 Å². The molecule has 4 atom stereocenters. The highest BCUT2D eigenvalue weighted by atomic mass is 19.4. The van der Waals surface area contributed by atoms with Crippen LogP contribution >= 0.6 is 0 Å². The molecule has 1 amide bonds. The molecular formula is C29H31F4N3O4.